The predicted molar refractivity (Wildman–Crippen MR) is 135 cm³/mol. The van der Waals surface area contributed by atoms with Crippen LogP contribution in [0.5, 0.6) is 11.5 Å². The number of benzene rings is 1. The summed E-state index contributed by atoms with van der Waals surface area (Å²) in [6.07, 6.45) is 2.85. The minimum Gasteiger partial charge on any atom is -0.495 e. The number of hydrogen-bond donors (Lipinski definition) is 2. The van der Waals surface area contributed by atoms with Crippen LogP contribution in [0.2, 0.25) is 0 Å². The Morgan fingerprint density at radius 3 is 2.56 bits per heavy atom. The standard InChI is InChI=1S/C25H28N6O5/c1-29-11-13-30(14-12-29)20-15-18(6-7-21(20)35-2)36-24(33)22-19(8-10-31(23(22)32)25(26)34)28-16-17-5-3-4-9-27-17/h3-10,15,28H,11-14,16H2,1-2H3,(H2,26,34). The smallest absolute Gasteiger partial charge is 0.351 e. The number of nitrogens with one attached hydrogen (secondary N) is 1. The molecule has 1 fully saturated rings. The number of nitrogens with zero attached hydrogens (tertiary/aromatic N) is 4. The summed E-state index contributed by atoms with van der Waals surface area (Å²) in [5, 5.41) is 3.03. The van der Waals surface area contributed by atoms with Crippen LogP contribution in [-0.4, -0.2) is 66.8 Å². The van der Waals surface area contributed by atoms with Gasteiger partial charge in [0.05, 0.1) is 30.7 Å². The van der Waals surface area contributed by atoms with Gasteiger partial charge in [-0.05, 0) is 37.4 Å². The molecule has 3 aromatic rings. The molecule has 11 nitrogen and oxygen atoms in total. The van der Waals surface area contributed by atoms with E-state index < -0.39 is 17.6 Å². The molecule has 36 heavy (non-hydrogen) atoms. The molecule has 3 N–H and O–H groups in total. The van der Waals surface area contributed by atoms with E-state index in [0.29, 0.717) is 16.0 Å². The fourth-order valence-electron chi connectivity index (χ4n) is 3.93. The SMILES string of the molecule is COc1ccc(OC(=O)c2c(NCc3ccccn3)ccn(C(N)=O)c2=O)cc1N1CCN(C)CC1. The molecule has 1 saturated heterocycles. The molecule has 0 spiro atoms. The van der Waals surface area contributed by atoms with Gasteiger partial charge in [-0.1, -0.05) is 6.07 Å². The number of aromatic nitrogens is 2. The number of anilines is 2. The first-order valence-electron chi connectivity index (χ1n) is 11.4. The highest BCUT2D eigenvalue weighted by molar-refractivity contribution is 5.97. The van der Waals surface area contributed by atoms with Crippen LogP contribution in [0.3, 0.4) is 0 Å². The van der Waals surface area contributed by atoms with Gasteiger partial charge in [-0.2, -0.15) is 0 Å². The van der Waals surface area contributed by atoms with Crippen molar-refractivity contribution in [1.82, 2.24) is 14.5 Å². The number of amides is 1. The number of likely N-dealkylation sites (N-methyl/N-ethyl adjacent to an activating group) is 1. The van der Waals surface area contributed by atoms with Crippen LogP contribution in [0.25, 0.3) is 0 Å². The Morgan fingerprint density at radius 1 is 1.11 bits per heavy atom. The summed E-state index contributed by atoms with van der Waals surface area (Å²) in [6, 6.07) is 10.8. The summed E-state index contributed by atoms with van der Waals surface area (Å²) in [7, 11) is 3.64. The van der Waals surface area contributed by atoms with Crippen LogP contribution in [0, 0.1) is 0 Å². The van der Waals surface area contributed by atoms with E-state index in [1.54, 1.807) is 43.6 Å². The van der Waals surface area contributed by atoms with Crippen LogP contribution in [0.15, 0.2) is 59.7 Å². The summed E-state index contributed by atoms with van der Waals surface area (Å²) < 4.78 is 11.8. The zero-order valence-corrected chi connectivity index (χ0v) is 20.1. The van der Waals surface area contributed by atoms with E-state index in [4.69, 9.17) is 15.2 Å². The van der Waals surface area contributed by atoms with Crippen molar-refractivity contribution in [3.8, 4) is 11.5 Å². The second-order valence-corrected chi connectivity index (χ2v) is 8.31. The molecule has 0 atom stereocenters. The van der Waals surface area contributed by atoms with E-state index in [1.807, 2.05) is 6.07 Å². The summed E-state index contributed by atoms with van der Waals surface area (Å²) in [6.45, 7) is 3.59. The average molecular weight is 493 g/mol. The molecule has 188 valence electrons. The maximum Gasteiger partial charge on any atom is 0.351 e. The molecular weight excluding hydrogens is 464 g/mol. The van der Waals surface area contributed by atoms with E-state index >= 15 is 0 Å². The highest BCUT2D eigenvalue weighted by Gasteiger charge is 2.24. The summed E-state index contributed by atoms with van der Waals surface area (Å²) in [4.78, 5) is 46.6. The normalized spacial score (nSPS) is 13.8. The van der Waals surface area contributed by atoms with Gasteiger partial charge in [0.1, 0.15) is 17.1 Å². The lowest BCUT2D eigenvalue weighted by Gasteiger charge is -2.34. The first kappa shape index (κ1) is 24.7. The number of hydrogen-bond acceptors (Lipinski definition) is 9. The second kappa shape index (κ2) is 10.9. The molecule has 3 heterocycles. The third kappa shape index (κ3) is 5.47. The molecule has 0 radical (unpaired) electrons. The highest BCUT2D eigenvalue weighted by atomic mass is 16.5. The molecule has 0 saturated carbocycles. The number of ether oxygens (including phenoxy) is 2. The maximum absolute atomic E-state index is 13.2. The second-order valence-electron chi connectivity index (χ2n) is 8.31. The van der Waals surface area contributed by atoms with Gasteiger partial charge < -0.3 is 30.3 Å². The van der Waals surface area contributed by atoms with E-state index in [2.05, 4.69) is 27.1 Å². The van der Waals surface area contributed by atoms with Crippen LogP contribution in [-0.2, 0) is 6.54 Å². The zero-order valence-electron chi connectivity index (χ0n) is 20.1. The number of methoxy groups -OCH3 is 1. The Bertz CT molecular complexity index is 1300. The monoisotopic (exact) mass is 492 g/mol. The number of esters is 1. The first-order valence-corrected chi connectivity index (χ1v) is 11.4. The van der Waals surface area contributed by atoms with Crippen molar-refractivity contribution in [2.24, 2.45) is 5.73 Å². The fraction of sp³-hybridized carbons (Fsp3) is 0.280. The van der Waals surface area contributed by atoms with Crippen molar-refractivity contribution in [3.63, 3.8) is 0 Å². The molecule has 0 aliphatic carbocycles. The van der Waals surface area contributed by atoms with Gasteiger partial charge in [0, 0.05) is 44.6 Å². The molecule has 0 bridgehead atoms. The molecule has 2 aromatic heterocycles. The van der Waals surface area contributed by atoms with E-state index in [0.717, 1.165) is 31.9 Å². The molecule has 4 rings (SSSR count). The van der Waals surface area contributed by atoms with Gasteiger partial charge in [0.2, 0.25) is 0 Å². The summed E-state index contributed by atoms with van der Waals surface area (Å²) in [5.74, 6) is -0.0410. The Labute approximate surface area is 208 Å². The first-order chi connectivity index (χ1) is 17.4. The highest BCUT2D eigenvalue weighted by Crippen LogP contribution is 2.33. The molecule has 1 aromatic carbocycles. The van der Waals surface area contributed by atoms with Gasteiger partial charge >= 0.3 is 12.0 Å². The number of piperazine rings is 1. The van der Waals surface area contributed by atoms with Crippen molar-refractivity contribution >= 4 is 23.4 Å². The summed E-state index contributed by atoms with van der Waals surface area (Å²) in [5.41, 5.74) is 5.76. The average Bonchev–Trinajstić information content (AvgIpc) is 2.88. The van der Waals surface area contributed by atoms with Crippen LogP contribution in [0.1, 0.15) is 16.1 Å². The predicted octanol–water partition coefficient (Wildman–Crippen LogP) is 1.76. The van der Waals surface area contributed by atoms with E-state index in [9.17, 15) is 14.4 Å². The summed E-state index contributed by atoms with van der Waals surface area (Å²) >= 11 is 0. The third-order valence-electron chi connectivity index (χ3n) is 5.92. The largest absolute Gasteiger partial charge is 0.495 e. The lowest BCUT2D eigenvalue weighted by atomic mass is 10.2. The molecule has 0 unspecified atom stereocenters. The molecule has 1 aliphatic rings. The number of rotatable bonds is 7. The fourth-order valence-corrected chi connectivity index (χ4v) is 3.93. The van der Waals surface area contributed by atoms with Crippen molar-refractivity contribution in [1.29, 1.82) is 0 Å². The minimum absolute atomic E-state index is 0.195. The van der Waals surface area contributed by atoms with Gasteiger partial charge in [-0.15, -0.1) is 0 Å². The lowest BCUT2D eigenvalue weighted by Crippen LogP contribution is -2.44. The molecule has 11 heteroatoms. The Morgan fingerprint density at radius 2 is 1.89 bits per heavy atom. The minimum atomic E-state index is -1.01. The molecular formula is C25H28N6O5. The van der Waals surface area contributed by atoms with Crippen molar-refractivity contribution in [3.05, 3.63) is 76.5 Å². The third-order valence-corrected chi connectivity index (χ3v) is 5.92. The zero-order chi connectivity index (χ0) is 25.7. The number of nitrogens with two attached hydrogens (primary N) is 1. The van der Waals surface area contributed by atoms with Gasteiger partial charge in [-0.25, -0.2) is 14.2 Å². The van der Waals surface area contributed by atoms with E-state index in [-0.39, 0.29) is 23.5 Å². The maximum atomic E-state index is 13.2. The Balaban J connectivity index is 1.63. The topological polar surface area (TPSA) is 132 Å². The van der Waals surface area contributed by atoms with Crippen molar-refractivity contribution in [2.75, 3.05) is 50.6 Å². The van der Waals surface area contributed by atoms with Crippen molar-refractivity contribution in [2.45, 2.75) is 6.54 Å². The van der Waals surface area contributed by atoms with Crippen LogP contribution in [0.4, 0.5) is 16.2 Å². The van der Waals surface area contributed by atoms with Gasteiger partial charge in [-0.3, -0.25) is 9.78 Å². The number of primary amides is 1. The lowest BCUT2D eigenvalue weighted by molar-refractivity contribution is 0.0733. The van der Waals surface area contributed by atoms with Crippen molar-refractivity contribution < 1.29 is 19.1 Å². The number of carbonyl (C=O) groups excluding carboxylic acids is 2. The number of carbonyl (C=O) groups is 2. The quantitative estimate of drug-likeness (QED) is 0.374. The van der Waals surface area contributed by atoms with Gasteiger partial charge in [0.25, 0.3) is 5.56 Å². The number of pyridine rings is 2. The molecule has 1 aliphatic heterocycles. The molecule has 1 amide bonds. The Hall–Kier alpha value is -4.38. The van der Waals surface area contributed by atoms with E-state index in [1.165, 1.54) is 12.3 Å². The van der Waals surface area contributed by atoms with Crippen LogP contribution < -0.4 is 31.0 Å². The van der Waals surface area contributed by atoms with Gasteiger partial charge in [0.15, 0.2) is 0 Å². The Kier molecular flexibility index (Phi) is 7.50. The van der Waals surface area contributed by atoms with Crippen LogP contribution >= 0.6 is 0 Å².